The molecule has 1 aliphatic heterocycles. The van der Waals surface area contributed by atoms with Crippen molar-refractivity contribution in [3.63, 3.8) is 0 Å². The van der Waals surface area contributed by atoms with Gasteiger partial charge in [0.25, 0.3) is 0 Å². The molecule has 0 saturated carbocycles. The molecule has 1 aliphatic rings. The van der Waals surface area contributed by atoms with Gasteiger partial charge in [0, 0.05) is 40.8 Å². The molecule has 0 aromatic heterocycles. The third kappa shape index (κ3) is 9.32. The van der Waals surface area contributed by atoms with Crippen molar-refractivity contribution in [3.8, 4) is 5.75 Å². The maximum atomic E-state index is 13.4. The number of rotatable bonds is 17. The van der Waals surface area contributed by atoms with Crippen LogP contribution in [0.3, 0.4) is 0 Å². The fraction of sp³-hybridized carbons (Fsp3) is 0.538. The van der Waals surface area contributed by atoms with E-state index in [1.807, 2.05) is 13.8 Å². The minimum atomic E-state index is -3.12. The van der Waals surface area contributed by atoms with Crippen LogP contribution in [-0.4, -0.2) is 68.9 Å². The second kappa shape index (κ2) is 17.5. The van der Waals surface area contributed by atoms with Gasteiger partial charge in [0.2, 0.25) is 0 Å². The van der Waals surface area contributed by atoms with Crippen molar-refractivity contribution in [3.05, 3.63) is 52.4 Å². The summed E-state index contributed by atoms with van der Waals surface area (Å²) in [5, 5.41) is 3.50. The van der Waals surface area contributed by atoms with E-state index >= 15 is 0 Å². The lowest BCUT2D eigenvalue weighted by Crippen LogP contribution is -2.36. The number of ether oxygens (including phenoxy) is 5. The Labute approximate surface area is 238 Å². The number of alkyl halides is 4. The van der Waals surface area contributed by atoms with Gasteiger partial charge in [-0.1, -0.05) is 63.9 Å². The van der Waals surface area contributed by atoms with Crippen LogP contribution < -0.4 is 10.1 Å². The molecule has 1 aromatic carbocycles. The number of hydrogen-bond donors (Lipinski definition) is 1. The van der Waals surface area contributed by atoms with Crippen LogP contribution in [0.1, 0.15) is 38.2 Å². The number of carbonyl (C=O) groups excluding carboxylic acids is 2. The molecular formula is C26H33Br2F2NO7. The molecule has 1 heterocycles. The van der Waals surface area contributed by atoms with Crippen LogP contribution in [0.5, 0.6) is 5.75 Å². The highest BCUT2D eigenvalue weighted by Crippen LogP contribution is 2.43. The Kier molecular flexibility index (Phi) is 14.9. The number of dihydropyridines is 1. The highest BCUT2D eigenvalue weighted by atomic mass is 79.9. The van der Waals surface area contributed by atoms with Crippen LogP contribution in [-0.2, 0) is 28.5 Å². The van der Waals surface area contributed by atoms with Crippen molar-refractivity contribution in [1.82, 2.24) is 5.32 Å². The molecule has 0 radical (unpaired) electrons. The fourth-order valence-corrected chi connectivity index (χ4v) is 4.66. The van der Waals surface area contributed by atoms with Gasteiger partial charge in [0.1, 0.15) is 19.0 Å². The zero-order valence-electron chi connectivity index (χ0n) is 21.4. The summed E-state index contributed by atoms with van der Waals surface area (Å²) in [5.41, 5.74) is 1.16. The van der Waals surface area contributed by atoms with Gasteiger partial charge in [-0.25, -0.2) is 9.59 Å². The highest BCUT2D eigenvalue weighted by molar-refractivity contribution is 9.09. The Bertz CT molecular complexity index is 938. The van der Waals surface area contributed by atoms with Gasteiger partial charge >= 0.3 is 18.6 Å². The molecule has 2 rings (SSSR count). The van der Waals surface area contributed by atoms with Crippen LogP contribution >= 0.6 is 31.9 Å². The second-order valence-corrected chi connectivity index (χ2v) is 9.14. The molecule has 12 heteroatoms. The van der Waals surface area contributed by atoms with Gasteiger partial charge in [0.05, 0.1) is 30.3 Å². The topological polar surface area (TPSA) is 92.3 Å². The lowest BCUT2D eigenvalue weighted by Gasteiger charge is -2.32. The molecule has 0 amide bonds. The number of hydrogen-bond acceptors (Lipinski definition) is 8. The van der Waals surface area contributed by atoms with E-state index in [4.69, 9.17) is 23.7 Å². The van der Waals surface area contributed by atoms with Gasteiger partial charge in [-0.15, -0.1) is 0 Å². The highest BCUT2D eigenvalue weighted by Gasteiger charge is 2.41. The molecule has 38 heavy (non-hydrogen) atoms. The van der Waals surface area contributed by atoms with Crippen LogP contribution in [0, 0.1) is 0 Å². The third-order valence-electron chi connectivity index (χ3n) is 5.30. The summed E-state index contributed by atoms with van der Waals surface area (Å²) in [7, 11) is 0. The smallest absolute Gasteiger partial charge is 0.387 e. The normalized spacial score (nSPS) is 14.1. The zero-order valence-corrected chi connectivity index (χ0v) is 24.6. The third-order valence-corrected chi connectivity index (χ3v) is 6.42. The summed E-state index contributed by atoms with van der Waals surface area (Å²) in [6, 6.07) is 6.02. The Balaban J connectivity index is 2.53. The Hall–Kier alpha value is -2.02. The molecule has 0 unspecified atom stereocenters. The van der Waals surface area contributed by atoms with E-state index in [0.29, 0.717) is 24.6 Å². The lowest BCUT2D eigenvalue weighted by molar-refractivity contribution is -0.141. The Morgan fingerprint density at radius 2 is 1.34 bits per heavy atom. The average Bonchev–Trinajstić information content (AvgIpc) is 2.91. The van der Waals surface area contributed by atoms with Gasteiger partial charge in [-0.3, -0.25) is 0 Å². The number of allylic oxidation sites excluding steroid dienone is 2. The first kappa shape index (κ1) is 32.2. The first-order valence-corrected chi connectivity index (χ1v) is 14.5. The van der Waals surface area contributed by atoms with E-state index in [-0.39, 0.29) is 59.5 Å². The average molecular weight is 669 g/mol. The van der Waals surface area contributed by atoms with Crippen molar-refractivity contribution in [2.45, 2.75) is 39.2 Å². The summed E-state index contributed by atoms with van der Waals surface area (Å²) in [4.78, 5) is 26.8. The standard InChI is InChI=1S/C26H33Br2F2NO7/c1-3-9-34-11-13-36-24(32)22-18(15-27)31-19(16-28)23(25(33)37-14-12-35-10-4-2)21(22)17-7-5-6-8-20(17)38-26(29)30/h5-8,21,26,31H,3-4,9-16H2,1-2H3. The van der Waals surface area contributed by atoms with Crippen molar-refractivity contribution in [2.24, 2.45) is 0 Å². The van der Waals surface area contributed by atoms with Gasteiger partial charge in [0.15, 0.2) is 0 Å². The molecule has 0 saturated heterocycles. The molecule has 0 fully saturated rings. The number of esters is 2. The number of benzene rings is 1. The number of carbonyl (C=O) groups is 2. The van der Waals surface area contributed by atoms with E-state index in [1.54, 1.807) is 6.07 Å². The van der Waals surface area contributed by atoms with Crippen LogP contribution in [0.4, 0.5) is 8.78 Å². The Morgan fingerprint density at radius 3 is 1.79 bits per heavy atom. The van der Waals surface area contributed by atoms with E-state index < -0.39 is 24.5 Å². The summed E-state index contributed by atoms with van der Waals surface area (Å²) in [6.07, 6.45) is 1.63. The van der Waals surface area contributed by atoms with Crippen LogP contribution in [0.15, 0.2) is 46.8 Å². The maximum absolute atomic E-state index is 13.4. The molecule has 0 atom stereocenters. The summed E-state index contributed by atoms with van der Waals surface area (Å²) < 4.78 is 53.1. The molecule has 0 spiro atoms. The molecule has 1 N–H and O–H groups in total. The monoisotopic (exact) mass is 667 g/mol. The molecule has 1 aromatic rings. The van der Waals surface area contributed by atoms with E-state index in [1.165, 1.54) is 18.2 Å². The largest absolute Gasteiger partial charge is 0.460 e. The summed E-state index contributed by atoms with van der Waals surface area (Å²) in [5.74, 6) is -2.74. The quantitative estimate of drug-likeness (QED) is 0.137. The van der Waals surface area contributed by atoms with Crippen LogP contribution in [0.2, 0.25) is 0 Å². The first-order valence-electron chi connectivity index (χ1n) is 12.3. The predicted molar refractivity (Wildman–Crippen MR) is 145 cm³/mol. The molecular weight excluding hydrogens is 636 g/mol. The molecule has 0 aliphatic carbocycles. The second-order valence-electron chi connectivity index (χ2n) is 8.02. The maximum Gasteiger partial charge on any atom is 0.387 e. The lowest BCUT2D eigenvalue weighted by atomic mass is 9.80. The zero-order chi connectivity index (χ0) is 27.9. The summed E-state index contributed by atoms with van der Waals surface area (Å²) >= 11 is 6.77. The van der Waals surface area contributed by atoms with Crippen molar-refractivity contribution >= 4 is 43.8 Å². The van der Waals surface area contributed by atoms with Gasteiger partial charge in [-0.05, 0) is 18.9 Å². The molecule has 8 nitrogen and oxygen atoms in total. The first-order chi connectivity index (χ1) is 18.4. The minimum Gasteiger partial charge on any atom is -0.460 e. The van der Waals surface area contributed by atoms with Crippen molar-refractivity contribution in [1.29, 1.82) is 0 Å². The predicted octanol–water partition coefficient (Wildman–Crippen LogP) is 5.21. The summed E-state index contributed by atoms with van der Waals surface area (Å²) in [6.45, 7) is 2.17. The van der Waals surface area contributed by atoms with Crippen molar-refractivity contribution in [2.75, 3.05) is 50.3 Å². The van der Waals surface area contributed by atoms with Gasteiger partial charge < -0.3 is 29.0 Å². The molecule has 212 valence electrons. The van der Waals surface area contributed by atoms with Crippen LogP contribution in [0.25, 0.3) is 0 Å². The Morgan fingerprint density at radius 1 is 0.842 bits per heavy atom. The molecule has 0 bridgehead atoms. The van der Waals surface area contributed by atoms with E-state index in [9.17, 15) is 18.4 Å². The van der Waals surface area contributed by atoms with E-state index in [0.717, 1.165) is 12.8 Å². The van der Waals surface area contributed by atoms with Gasteiger partial charge in [-0.2, -0.15) is 8.78 Å². The van der Waals surface area contributed by atoms with Crippen molar-refractivity contribution < 1.29 is 42.1 Å². The fourth-order valence-electron chi connectivity index (χ4n) is 3.77. The number of halogens is 4. The van der Waals surface area contributed by atoms with E-state index in [2.05, 4.69) is 37.2 Å². The SMILES string of the molecule is CCCOCCOC(=O)C1=C(CBr)NC(CBr)=C(C(=O)OCCOCCC)C1c1ccccc1OC(F)F. The number of para-hydroxylation sites is 1. The number of nitrogens with one attached hydrogen (secondary N) is 1. The minimum absolute atomic E-state index is 0.0244.